The highest BCUT2D eigenvalue weighted by Crippen LogP contribution is 2.21. The van der Waals surface area contributed by atoms with Crippen molar-refractivity contribution in [1.82, 2.24) is 0 Å². The Kier molecular flexibility index (Phi) is 4.16. The van der Waals surface area contributed by atoms with E-state index in [0.717, 1.165) is 12.0 Å². The second-order valence-electron chi connectivity index (χ2n) is 3.11. The van der Waals surface area contributed by atoms with Crippen LogP contribution in [0.5, 0.6) is 5.75 Å². The molecular formula is C12H16O3. The summed E-state index contributed by atoms with van der Waals surface area (Å²) in [6.45, 7) is 4.46. The minimum Gasteiger partial charge on any atom is -0.493 e. The number of esters is 1. The Labute approximate surface area is 90.0 Å². The highest BCUT2D eigenvalue weighted by atomic mass is 16.5. The molecule has 0 bridgehead atoms. The fourth-order valence-electron chi connectivity index (χ4n) is 1.35. The van der Waals surface area contributed by atoms with E-state index in [9.17, 15) is 4.79 Å². The lowest BCUT2D eigenvalue weighted by molar-refractivity contribution is 0.0596. The molecule has 0 aliphatic carbocycles. The number of carbonyl (C=O) groups is 1. The number of rotatable bonds is 4. The van der Waals surface area contributed by atoms with Gasteiger partial charge in [-0.15, -0.1) is 0 Å². The van der Waals surface area contributed by atoms with Crippen LogP contribution in [0.4, 0.5) is 0 Å². The molecule has 1 rings (SSSR count). The molecule has 0 saturated carbocycles. The monoisotopic (exact) mass is 208 g/mol. The van der Waals surface area contributed by atoms with Crippen LogP contribution in [0.2, 0.25) is 0 Å². The van der Waals surface area contributed by atoms with Crippen LogP contribution in [0.3, 0.4) is 0 Å². The van der Waals surface area contributed by atoms with Gasteiger partial charge in [0.25, 0.3) is 0 Å². The number of aryl methyl sites for hydroxylation is 1. The summed E-state index contributed by atoms with van der Waals surface area (Å²) in [7, 11) is 1.37. The average molecular weight is 208 g/mol. The first-order valence-electron chi connectivity index (χ1n) is 5.07. The van der Waals surface area contributed by atoms with Crippen molar-refractivity contribution in [3.05, 3.63) is 29.3 Å². The van der Waals surface area contributed by atoms with Crippen molar-refractivity contribution in [1.29, 1.82) is 0 Å². The van der Waals surface area contributed by atoms with Gasteiger partial charge in [0.2, 0.25) is 0 Å². The Bertz CT molecular complexity index is 345. The quantitative estimate of drug-likeness (QED) is 0.713. The predicted molar refractivity (Wildman–Crippen MR) is 58.3 cm³/mol. The number of ether oxygens (including phenoxy) is 2. The van der Waals surface area contributed by atoms with Crippen molar-refractivity contribution in [2.24, 2.45) is 0 Å². The Morgan fingerprint density at radius 2 is 2.07 bits per heavy atom. The summed E-state index contributed by atoms with van der Waals surface area (Å²) in [4.78, 5) is 11.5. The van der Waals surface area contributed by atoms with Gasteiger partial charge in [-0.25, -0.2) is 4.79 Å². The molecule has 0 spiro atoms. The fourth-order valence-corrected chi connectivity index (χ4v) is 1.35. The summed E-state index contributed by atoms with van der Waals surface area (Å²) < 4.78 is 10.1. The van der Waals surface area contributed by atoms with E-state index >= 15 is 0 Å². The van der Waals surface area contributed by atoms with E-state index in [2.05, 4.69) is 0 Å². The molecule has 0 unspecified atom stereocenters. The molecule has 3 nitrogen and oxygen atoms in total. The van der Waals surface area contributed by atoms with Gasteiger partial charge < -0.3 is 9.47 Å². The summed E-state index contributed by atoms with van der Waals surface area (Å²) in [5.41, 5.74) is 1.59. The Morgan fingerprint density at radius 1 is 1.33 bits per heavy atom. The second kappa shape index (κ2) is 5.39. The minimum atomic E-state index is -0.353. The third kappa shape index (κ3) is 2.72. The third-order valence-electron chi connectivity index (χ3n) is 2.16. The number of hydrogen-bond donors (Lipinski definition) is 0. The van der Waals surface area contributed by atoms with Crippen LogP contribution in [-0.2, 0) is 11.2 Å². The summed E-state index contributed by atoms with van der Waals surface area (Å²) in [5, 5.41) is 0. The van der Waals surface area contributed by atoms with Gasteiger partial charge in [-0.1, -0.05) is 13.0 Å². The minimum absolute atomic E-state index is 0.353. The SMILES string of the molecule is CCOc1ccc(CC)cc1C(=O)OC. The smallest absolute Gasteiger partial charge is 0.341 e. The zero-order valence-corrected chi connectivity index (χ0v) is 9.37. The standard InChI is InChI=1S/C12H16O3/c1-4-9-6-7-11(15-5-2)10(8-9)12(13)14-3/h6-8H,4-5H2,1-3H3. The largest absolute Gasteiger partial charge is 0.493 e. The first-order valence-corrected chi connectivity index (χ1v) is 5.07. The van der Waals surface area contributed by atoms with Crippen molar-refractivity contribution in [3.63, 3.8) is 0 Å². The maximum Gasteiger partial charge on any atom is 0.341 e. The lowest BCUT2D eigenvalue weighted by Gasteiger charge is -2.09. The number of hydrogen-bond acceptors (Lipinski definition) is 3. The molecule has 0 N–H and O–H groups in total. The van der Waals surface area contributed by atoms with Crippen LogP contribution >= 0.6 is 0 Å². The molecule has 0 aliphatic heterocycles. The number of methoxy groups -OCH3 is 1. The molecule has 82 valence electrons. The molecule has 0 fully saturated rings. The molecule has 0 aromatic heterocycles. The highest BCUT2D eigenvalue weighted by Gasteiger charge is 2.13. The number of carbonyl (C=O) groups excluding carboxylic acids is 1. The number of benzene rings is 1. The van der Waals surface area contributed by atoms with Crippen LogP contribution in [0, 0.1) is 0 Å². The summed E-state index contributed by atoms with van der Waals surface area (Å²) in [5.74, 6) is 0.232. The van der Waals surface area contributed by atoms with Gasteiger partial charge in [-0.2, -0.15) is 0 Å². The fraction of sp³-hybridized carbons (Fsp3) is 0.417. The third-order valence-corrected chi connectivity index (χ3v) is 2.16. The van der Waals surface area contributed by atoms with E-state index in [1.165, 1.54) is 7.11 Å². The molecule has 0 saturated heterocycles. The van der Waals surface area contributed by atoms with Crippen molar-refractivity contribution in [2.75, 3.05) is 13.7 Å². The first kappa shape index (κ1) is 11.6. The molecule has 3 heteroatoms. The van der Waals surface area contributed by atoms with E-state index in [1.807, 2.05) is 32.0 Å². The van der Waals surface area contributed by atoms with Crippen LogP contribution in [0.25, 0.3) is 0 Å². The van der Waals surface area contributed by atoms with Gasteiger partial charge in [0.15, 0.2) is 0 Å². The van der Waals surface area contributed by atoms with Crippen LogP contribution in [0.15, 0.2) is 18.2 Å². The molecule has 0 aliphatic rings. The van der Waals surface area contributed by atoms with Gasteiger partial charge in [0, 0.05) is 0 Å². The van der Waals surface area contributed by atoms with Crippen molar-refractivity contribution in [3.8, 4) is 5.75 Å². The molecule has 0 amide bonds. The zero-order chi connectivity index (χ0) is 11.3. The van der Waals surface area contributed by atoms with Gasteiger partial charge in [-0.3, -0.25) is 0 Å². The molecule has 1 aromatic carbocycles. The average Bonchev–Trinajstić information content (AvgIpc) is 2.29. The van der Waals surface area contributed by atoms with E-state index in [4.69, 9.17) is 9.47 Å². The Hall–Kier alpha value is -1.51. The lowest BCUT2D eigenvalue weighted by Crippen LogP contribution is -2.06. The summed E-state index contributed by atoms with van der Waals surface area (Å²) in [6, 6.07) is 5.59. The molecule has 0 atom stereocenters. The predicted octanol–water partition coefficient (Wildman–Crippen LogP) is 2.43. The van der Waals surface area contributed by atoms with Crippen LogP contribution in [-0.4, -0.2) is 19.7 Å². The topological polar surface area (TPSA) is 35.5 Å². The summed E-state index contributed by atoms with van der Waals surface area (Å²) >= 11 is 0. The second-order valence-corrected chi connectivity index (χ2v) is 3.11. The highest BCUT2D eigenvalue weighted by molar-refractivity contribution is 5.92. The van der Waals surface area contributed by atoms with Crippen molar-refractivity contribution >= 4 is 5.97 Å². The van der Waals surface area contributed by atoms with Gasteiger partial charge in [0.05, 0.1) is 13.7 Å². The molecular weight excluding hydrogens is 192 g/mol. The van der Waals surface area contributed by atoms with Gasteiger partial charge in [0.1, 0.15) is 11.3 Å². The van der Waals surface area contributed by atoms with E-state index in [0.29, 0.717) is 17.9 Å². The van der Waals surface area contributed by atoms with E-state index < -0.39 is 0 Å². The van der Waals surface area contributed by atoms with E-state index in [-0.39, 0.29) is 5.97 Å². The van der Waals surface area contributed by atoms with Gasteiger partial charge >= 0.3 is 5.97 Å². The van der Waals surface area contributed by atoms with Crippen molar-refractivity contribution in [2.45, 2.75) is 20.3 Å². The molecule has 0 heterocycles. The first-order chi connectivity index (χ1) is 7.22. The van der Waals surface area contributed by atoms with Crippen LogP contribution in [0.1, 0.15) is 29.8 Å². The normalized spacial score (nSPS) is 9.80. The van der Waals surface area contributed by atoms with E-state index in [1.54, 1.807) is 0 Å². The van der Waals surface area contributed by atoms with Crippen LogP contribution < -0.4 is 4.74 Å². The summed E-state index contributed by atoms with van der Waals surface area (Å²) in [6.07, 6.45) is 0.885. The molecule has 1 aromatic rings. The zero-order valence-electron chi connectivity index (χ0n) is 9.37. The molecule has 15 heavy (non-hydrogen) atoms. The molecule has 0 radical (unpaired) electrons. The Morgan fingerprint density at radius 3 is 2.60 bits per heavy atom. The maximum atomic E-state index is 11.5. The van der Waals surface area contributed by atoms with Crippen molar-refractivity contribution < 1.29 is 14.3 Å². The Balaban J connectivity index is 3.10. The maximum absolute atomic E-state index is 11.5. The van der Waals surface area contributed by atoms with Gasteiger partial charge in [-0.05, 0) is 31.0 Å². The lowest BCUT2D eigenvalue weighted by atomic mass is 10.1.